The number of nitro groups is 1. The molecule has 0 heterocycles. The first-order valence-corrected chi connectivity index (χ1v) is 6.11. The Morgan fingerprint density at radius 2 is 2.12 bits per heavy atom. The highest BCUT2D eigenvalue weighted by molar-refractivity contribution is 14.1. The first kappa shape index (κ1) is 13.4. The second kappa shape index (κ2) is 5.58. The second-order valence-corrected chi connectivity index (χ2v) is 5.35. The Labute approximate surface area is 108 Å². The van der Waals surface area contributed by atoms with Gasteiger partial charge in [0.25, 0.3) is 5.69 Å². The van der Waals surface area contributed by atoms with Gasteiger partial charge in [0.15, 0.2) is 0 Å². The minimum Gasteiger partial charge on any atom is -0.388 e. The summed E-state index contributed by atoms with van der Waals surface area (Å²) in [4.78, 5) is 10.4. The lowest BCUT2D eigenvalue weighted by Crippen LogP contribution is -2.05. The minimum atomic E-state index is -0.766. The Bertz CT molecular complexity index is 393. The van der Waals surface area contributed by atoms with Crippen LogP contribution in [0.4, 0.5) is 5.69 Å². The molecule has 0 unspecified atom stereocenters. The highest BCUT2D eigenvalue weighted by Gasteiger charge is 2.21. The molecular weight excluding hydrogens is 321 g/mol. The number of nitro benzene ring substituents is 1. The summed E-state index contributed by atoms with van der Waals surface area (Å²) in [5, 5.41) is 20.8. The van der Waals surface area contributed by atoms with Crippen molar-refractivity contribution in [1.82, 2.24) is 0 Å². The van der Waals surface area contributed by atoms with Gasteiger partial charge in [0.05, 0.1) is 16.6 Å². The number of halogens is 1. The average molecular weight is 335 g/mol. The van der Waals surface area contributed by atoms with E-state index in [2.05, 4.69) is 0 Å². The van der Waals surface area contributed by atoms with Crippen molar-refractivity contribution in [2.45, 2.75) is 26.4 Å². The lowest BCUT2D eigenvalue weighted by molar-refractivity contribution is -0.386. The zero-order valence-corrected chi connectivity index (χ0v) is 11.3. The topological polar surface area (TPSA) is 63.4 Å². The molecule has 0 aliphatic carbocycles. The van der Waals surface area contributed by atoms with Crippen LogP contribution in [0, 0.1) is 19.6 Å². The maximum absolute atomic E-state index is 10.9. The number of hydrogen-bond acceptors (Lipinski definition) is 3. The van der Waals surface area contributed by atoms with Crippen LogP contribution in [-0.2, 0) is 0 Å². The monoisotopic (exact) mass is 335 g/mol. The largest absolute Gasteiger partial charge is 0.388 e. The fourth-order valence-corrected chi connectivity index (χ4v) is 2.00. The molecule has 1 rings (SSSR count). The third-order valence-electron chi connectivity index (χ3n) is 2.24. The summed E-state index contributed by atoms with van der Waals surface area (Å²) in [6.45, 7) is 3.95. The van der Waals surface area contributed by atoms with Crippen molar-refractivity contribution in [3.8, 4) is 0 Å². The lowest BCUT2D eigenvalue weighted by atomic mass is 9.98. The average Bonchev–Trinajstić information content (AvgIpc) is 2.16. The van der Waals surface area contributed by atoms with Crippen LogP contribution in [-0.4, -0.2) is 10.0 Å². The van der Waals surface area contributed by atoms with Crippen LogP contribution < -0.4 is 0 Å². The molecule has 4 nitrogen and oxygen atoms in total. The summed E-state index contributed by atoms with van der Waals surface area (Å²) in [5.41, 5.74) is 0.402. The van der Waals surface area contributed by atoms with Gasteiger partial charge in [-0.25, -0.2) is 0 Å². The molecule has 0 saturated carbocycles. The van der Waals surface area contributed by atoms with E-state index in [-0.39, 0.29) is 5.69 Å². The van der Waals surface area contributed by atoms with Crippen LogP contribution in [0.2, 0.25) is 0 Å². The summed E-state index contributed by atoms with van der Waals surface area (Å²) >= 11 is 2.02. The Balaban J connectivity index is 3.07. The smallest absolute Gasteiger partial charge is 0.276 e. The van der Waals surface area contributed by atoms with Gasteiger partial charge in [-0.3, -0.25) is 10.1 Å². The van der Waals surface area contributed by atoms with E-state index in [1.165, 1.54) is 6.07 Å². The molecule has 0 spiro atoms. The van der Waals surface area contributed by atoms with Crippen molar-refractivity contribution in [3.63, 3.8) is 0 Å². The van der Waals surface area contributed by atoms with E-state index < -0.39 is 11.0 Å². The molecule has 0 aromatic heterocycles. The molecule has 0 bridgehead atoms. The van der Waals surface area contributed by atoms with E-state index in [0.717, 1.165) is 3.57 Å². The standard InChI is InChI=1S/C11H14INO3/c1-7(2)5-11(14)9-4-3-8(12)6-10(9)13(15)16/h3-4,6-7,11,14H,5H2,1-2H3/t11-/m0/s1. The summed E-state index contributed by atoms with van der Waals surface area (Å²) in [6, 6.07) is 4.89. The summed E-state index contributed by atoms with van der Waals surface area (Å²) < 4.78 is 0.796. The summed E-state index contributed by atoms with van der Waals surface area (Å²) in [5.74, 6) is 0.300. The van der Waals surface area contributed by atoms with E-state index >= 15 is 0 Å². The second-order valence-electron chi connectivity index (χ2n) is 4.11. The van der Waals surface area contributed by atoms with Crippen LogP contribution in [0.25, 0.3) is 0 Å². The third-order valence-corrected chi connectivity index (χ3v) is 2.91. The normalized spacial score (nSPS) is 12.8. The van der Waals surface area contributed by atoms with Gasteiger partial charge in [-0.05, 0) is 47.1 Å². The first-order valence-electron chi connectivity index (χ1n) is 5.03. The van der Waals surface area contributed by atoms with Crippen LogP contribution in [0.1, 0.15) is 31.9 Å². The third kappa shape index (κ3) is 3.41. The van der Waals surface area contributed by atoms with Crippen molar-refractivity contribution in [2.75, 3.05) is 0 Å². The maximum Gasteiger partial charge on any atom is 0.276 e. The van der Waals surface area contributed by atoms with Gasteiger partial charge >= 0.3 is 0 Å². The number of benzene rings is 1. The van der Waals surface area contributed by atoms with Crippen molar-refractivity contribution in [2.24, 2.45) is 5.92 Å². The van der Waals surface area contributed by atoms with Crippen LogP contribution in [0.5, 0.6) is 0 Å². The molecule has 0 aliphatic rings. The Morgan fingerprint density at radius 3 is 2.62 bits per heavy atom. The summed E-state index contributed by atoms with van der Waals surface area (Å²) in [6.07, 6.45) is -0.237. The molecule has 88 valence electrons. The zero-order chi connectivity index (χ0) is 12.3. The Morgan fingerprint density at radius 1 is 1.50 bits per heavy atom. The van der Waals surface area contributed by atoms with Gasteiger partial charge in [-0.1, -0.05) is 13.8 Å². The molecule has 1 N–H and O–H groups in total. The zero-order valence-electron chi connectivity index (χ0n) is 9.18. The van der Waals surface area contributed by atoms with Gasteiger partial charge < -0.3 is 5.11 Å². The number of hydrogen-bond donors (Lipinski definition) is 1. The summed E-state index contributed by atoms with van der Waals surface area (Å²) in [7, 11) is 0. The molecule has 16 heavy (non-hydrogen) atoms. The van der Waals surface area contributed by atoms with E-state index in [4.69, 9.17) is 0 Å². The van der Waals surface area contributed by atoms with E-state index in [9.17, 15) is 15.2 Å². The molecule has 5 heteroatoms. The van der Waals surface area contributed by atoms with Crippen LogP contribution in [0.3, 0.4) is 0 Å². The van der Waals surface area contributed by atoms with Gasteiger partial charge in [-0.2, -0.15) is 0 Å². The van der Waals surface area contributed by atoms with Crippen molar-refractivity contribution in [3.05, 3.63) is 37.4 Å². The molecule has 0 saturated heterocycles. The van der Waals surface area contributed by atoms with Gasteiger partial charge in [0.2, 0.25) is 0 Å². The number of aliphatic hydroxyl groups is 1. The Kier molecular flexibility index (Phi) is 4.67. The van der Waals surface area contributed by atoms with E-state index in [1.807, 2.05) is 36.4 Å². The highest BCUT2D eigenvalue weighted by atomic mass is 127. The minimum absolute atomic E-state index is 0.0000463. The quantitative estimate of drug-likeness (QED) is 0.522. The van der Waals surface area contributed by atoms with Gasteiger partial charge in [0.1, 0.15) is 0 Å². The predicted octanol–water partition coefficient (Wildman–Crippen LogP) is 3.28. The maximum atomic E-state index is 10.9. The van der Waals surface area contributed by atoms with Crippen LogP contribution >= 0.6 is 22.6 Å². The molecule has 1 aromatic carbocycles. The molecular formula is C11H14INO3. The molecule has 0 radical (unpaired) electrons. The van der Waals surface area contributed by atoms with Crippen molar-refractivity contribution >= 4 is 28.3 Å². The lowest BCUT2D eigenvalue weighted by Gasteiger charge is -2.13. The highest BCUT2D eigenvalue weighted by Crippen LogP contribution is 2.30. The van der Waals surface area contributed by atoms with Crippen LogP contribution in [0.15, 0.2) is 18.2 Å². The molecule has 1 aromatic rings. The van der Waals surface area contributed by atoms with Crippen molar-refractivity contribution < 1.29 is 10.0 Å². The predicted molar refractivity (Wildman–Crippen MR) is 70.2 cm³/mol. The SMILES string of the molecule is CC(C)C[C@H](O)c1ccc(I)cc1[N+](=O)[O-]. The van der Waals surface area contributed by atoms with E-state index in [0.29, 0.717) is 17.9 Å². The number of rotatable bonds is 4. The first-order chi connectivity index (χ1) is 7.41. The molecule has 0 aliphatic heterocycles. The molecule has 0 amide bonds. The van der Waals surface area contributed by atoms with E-state index in [1.54, 1.807) is 12.1 Å². The fraction of sp³-hybridized carbons (Fsp3) is 0.455. The van der Waals surface area contributed by atoms with Gasteiger partial charge in [0, 0.05) is 9.64 Å². The Hall–Kier alpha value is -0.690. The number of nitrogens with zero attached hydrogens (tertiary/aromatic N) is 1. The fourth-order valence-electron chi connectivity index (χ4n) is 1.53. The molecule has 1 atom stereocenters. The molecule has 0 fully saturated rings. The van der Waals surface area contributed by atoms with Gasteiger partial charge in [-0.15, -0.1) is 0 Å². The number of aliphatic hydroxyl groups excluding tert-OH is 1. The van der Waals surface area contributed by atoms with Crippen molar-refractivity contribution in [1.29, 1.82) is 0 Å².